The molecule has 5 rings (SSSR count). The number of nitrogens with one attached hydrogen (secondary N) is 1. The quantitative estimate of drug-likeness (QED) is 0.552. The van der Waals surface area contributed by atoms with Crippen molar-refractivity contribution < 1.29 is 14.6 Å². The molecule has 0 amide bonds. The van der Waals surface area contributed by atoms with E-state index in [4.69, 9.17) is 37.7 Å². The van der Waals surface area contributed by atoms with Crippen LogP contribution in [0.3, 0.4) is 0 Å². The first-order valence-corrected chi connectivity index (χ1v) is 10.3. The lowest BCUT2D eigenvalue weighted by molar-refractivity contribution is 0.174. The van der Waals surface area contributed by atoms with Crippen LogP contribution in [-0.2, 0) is 0 Å². The van der Waals surface area contributed by atoms with Gasteiger partial charge in [0.15, 0.2) is 11.5 Å². The summed E-state index contributed by atoms with van der Waals surface area (Å²) < 4.78 is 11.0. The van der Waals surface area contributed by atoms with Crippen molar-refractivity contribution in [3.8, 4) is 17.2 Å². The van der Waals surface area contributed by atoms with Crippen molar-refractivity contribution in [1.29, 1.82) is 0 Å². The van der Waals surface area contributed by atoms with Gasteiger partial charge in [0.05, 0.1) is 0 Å². The summed E-state index contributed by atoms with van der Waals surface area (Å²) in [5, 5.41) is 15.2. The molecule has 0 saturated carbocycles. The smallest absolute Gasteiger partial charge is 0.231 e. The topological polar surface area (TPSA) is 63.1 Å². The molecule has 2 aliphatic heterocycles. The van der Waals surface area contributed by atoms with E-state index in [-0.39, 0.29) is 24.8 Å². The van der Waals surface area contributed by atoms with Gasteiger partial charge in [-0.25, -0.2) is 0 Å². The third-order valence-corrected chi connectivity index (χ3v) is 5.89. The molecule has 3 aromatic carbocycles. The van der Waals surface area contributed by atoms with Gasteiger partial charge >= 0.3 is 0 Å². The molecule has 7 heteroatoms. The Morgan fingerprint density at radius 3 is 2.63 bits per heavy atom. The van der Waals surface area contributed by atoms with Crippen LogP contribution >= 0.6 is 23.2 Å². The molecule has 2 aliphatic rings. The second kappa shape index (κ2) is 7.84. The van der Waals surface area contributed by atoms with Crippen molar-refractivity contribution in [3.63, 3.8) is 0 Å². The number of halogens is 2. The minimum absolute atomic E-state index is 0.182. The predicted molar refractivity (Wildman–Crippen MR) is 117 cm³/mol. The number of hydrogen-bond acceptors (Lipinski definition) is 5. The number of aliphatic imine (C=N–C) groups is 1. The van der Waals surface area contributed by atoms with Crippen molar-refractivity contribution in [3.05, 3.63) is 87.4 Å². The standard InChI is InChI=1S/C23H18Cl2N2O3/c24-14-6-7-20(28)16(10-14)19-11-18(13-5-8-21-22(9-13)30-12-29-21)26-23(27-19)15-3-1-2-4-17(15)25/h1-10,19,23,27-28H,11-12H2/t19-,23+/m1/s1. The van der Waals surface area contributed by atoms with Crippen LogP contribution in [0.1, 0.15) is 35.3 Å². The number of ether oxygens (including phenoxy) is 2. The van der Waals surface area contributed by atoms with Gasteiger partial charge in [-0.15, -0.1) is 0 Å². The molecule has 0 bridgehead atoms. The van der Waals surface area contributed by atoms with Crippen molar-refractivity contribution in [2.75, 3.05) is 6.79 Å². The van der Waals surface area contributed by atoms with Gasteiger partial charge in [0.1, 0.15) is 11.9 Å². The lowest BCUT2D eigenvalue weighted by atomic mass is 9.93. The van der Waals surface area contributed by atoms with Crippen molar-refractivity contribution in [2.24, 2.45) is 4.99 Å². The molecule has 0 unspecified atom stereocenters. The lowest BCUT2D eigenvalue weighted by Gasteiger charge is -2.31. The Bertz CT molecular complexity index is 1150. The van der Waals surface area contributed by atoms with Crippen molar-refractivity contribution in [2.45, 2.75) is 18.6 Å². The van der Waals surface area contributed by atoms with E-state index in [2.05, 4.69) is 5.32 Å². The molecule has 0 aliphatic carbocycles. The van der Waals surface area contributed by atoms with Crippen LogP contribution in [0, 0.1) is 0 Å². The van der Waals surface area contributed by atoms with Gasteiger partial charge in [-0.3, -0.25) is 10.3 Å². The number of phenols is 1. The van der Waals surface area contributed by atoms with E-state index in [1.165, 1.54) is 0 Å². The molecule has 2 heterocycles. The van der Waals surface area contributed by atoms with Crippen molar-refractivity contribution >= 4 is 28.9 Å². The normalized spacial score (nSPS) is 20.1. The molecular formula is C23H18Cl2N2O3. The number of hydrogen-bond donors (Lipinski definition) is 2. The average Bonchev–Trinajstić information content (AvgIpc) is 3.23. The first kappa shape index (κ1) is 19.2. The monoisotopic (exact) mass is 440 g/mol. The molecule has 0 spiro atoms. The number of nitrogens with zero attached hydrogens (tertiary/aromatic N) is 1. The maximum atomic E-state index is 10.5. The molecule has 5 nitrogen and oxygen atoms in total. The molecule has 0 fully saturated rings. The van der Waals surface area contributed by atoms with Gasteiger partial charge in [0.2, 0.25) is 6.79 Å². The minimum atomic E-state index is -0.378. The van der Waals surface area contributed by atoms with Crippen LogP contribution in [0.4, 0.5) is 0 Å². The Labute approximate surface area is 183 Å². The van der Waals surface area contributed by atoms with E-state index >= 15 is 0 Å². The summed E-state index contributed by atoms with van der Waals surface area (Å²) in [5.74, 6) is 1.60. The fourth-order valence-corrected chi connectivity index (χ4v) is 4.24. The van der Waals surface area contributed by atoms with Gasteiger partial charge in [-0.05, 0) is 48.0 Å². The fourth-order valence-electron chi connectivity index (χ4n) is 3.82. The highest BCUT2D eigenvalue weighted by molar-refractivity contribution is 6.31. The zero-order valence-electron chi connectivity index (χ0n) is 15.8. The van der Waals surface area contributed by atoms with Crippen LogP contribution in [-0.4, -0.2) is 17.6 Å². The van der Waals surface area contributed by atoms with E-state index in [1.807, 2.05) is 42.5 Å². The first-order chi connectivity index (χ1) is 14.6. The fraction of sp³-hybridized carbons (Fsp3) is 0.174. The lowest BCUT2D eigenvalue weighted by Crippen LogP contribution is -2.33. The van der Waals surface area contributed by atoms with E-state index < -0.39 is 0 Å². The number of aromatic hydroxyl groups is 1. The van der Waals surface area contributed by atoms with Crippen LogP contribution in [0.5, 0.6) is 17.2 Å². The van der Waals surface area contributed by atoms with E-state index in [0.29, 0.717) is 27.8 Å². The van der Waals surface area contributed by atoms with Gasteiger partial charge in [-0.2, -0.15) is 0 Å². The van der Waals surface area contributed by atoms with Crippen molar-refractivity contribution in [1.82, 2.24) is 5.32 Å². The molecule has 2 atom stereocenters. The number of phenolic OH excluding ortho intramolecular Hbond substituents is 1. The summed E-state index contributed by atoms with van der Waals surface area (Å²) in [4.78, 5) is 4.95. The van der Waals surface area contributed by atoms with E-state index in [9.17, 15) is 5.11 Å². The summed E-state index contributed by atoms with van der Waals surface area (Å²) in [5.41, 5.74) is 3.39. The Hall–Kier alpha value is -2.73. The molecule has 0 radical (unpaired) electrons. The predicted octanol–water partition coefficient (Wildman–Crippen LogP) is 5.65. The zero-order valence-corrected chi connectivity index (χ0v) is 17.3. The first-order valence-electron chi connectivity index (χ1n) is 9.54. The number of fused-ring (bicyclic) bond motifs is 1. The van der Waals surface area contributed by atoms with E-state index in [0.717, 1.165) is 22.6 Å². The highest BCUT2D eigenvalue weighted by atomic mass is 35.5. The second-order valence-corrected chi connectivity index (χ2v) is 8.04. The Balaban J connectivity index is 1.59. The number of rotatable bonds is 3. The van der Waals surface area contributed by atoms with Gasteiger partial charge in [0.25, 0.3) is 0 Å². The summed E-state index contributed by atoms with van der Waals surface area (Å²) >= 11 is 12.7. The van der Waals surface area contributed by atoms with Gasteiger partial charge < -0.3 is 14.6 Å². The van der Waals surface area contributed by atoms with E-state index in [1.54, 1.807) is 18.2 Å². The Morgan fingerprint density at radius 1 is 0.933 bits per heavy atom. The molecule has 152 valence electrons. The molecule has 30 heavy (non-hydrogen) atoms. The van der Waals surface area contributed by atoms with Crippen LogP contribution < -0.4 is 14.8 Å². The second-order valence-electron chi connectivity index (χ2n) is 7.19. The Kier molecular flexibility index (Phi) is 5.03. The summed E-state index contributed by atoms with van der Waals surface area (Å²) in [6, 6.07) is 18.2. The van der Waals surface area contributed by atoms with Crippen LogP contribution in [0.15, 0.2) is 65.7 Å². The summed E-state index contributed by atoms with van der Waals surface area (Å²) in [7, 11) is 0. The minimum Gasteiger partial charge on any atom is -0.508 e. The highest BCUT2D eigenvalue weighted by Crippen LogP contribution is 2.39. The van der Waals surface area contributed by atoms with Crippen LogP contribution in [0.25, 0.3) is 0 Å². The summed E-state index contributed by atoms with van der Waals surface area (Å²) in [6.07, 6.45) is 0.186. The largest absolute Gasteiger partial charge is 0.508 e. The van der Waals surface area contributed by atoms with Gasteiger partial charge in [-0.1, -0.05) is 41.4 Å². The molecule has 0 aromatic heterocycles. The van der Waals surface area contributed by atoms with Crippen LogP contribution in [0.2, 0.25) is 10.0 Å². The van der Waals surface area contributed by atoms with Gasteiger partial charge in [0, 0.05) is 39.3 Å². The molecule has 2 N–H and O–H groups in total. The summed E-state index contributed by atoms with van der Waals surface area (Å²) in [6.45, 7) is 0.216. The zero-order chi connectivity index (χ0) is 20.7. The molecule has 0 saturated heterocycles. The average molecular weight is 441 g/mol. The SMILES string of the molecule is Oc1ccc(Cl)cc1[C@H]1CC(c2ccc3c(c2)OCO3)=N[C@H](c2ccccc2Cl)N1. The third kappa shape index (κ3) is 3.60. The Morgan fingerprint density at radius 2 is 1.77 bits per heavy atom. The highest BCUT2D eigenvalue weighted by Gasteiger charge is 2.29. The molecular weight excluding hydrogens is 423 g/mol. The third-order valence-electron chi connectivity index (χ3n) is 5.31. The maximum Gasteiger partial charge on any atom is 0.231 e. The molecule has 3 aromatic rings. The maximum absolute atomic E-state index is 10.5. The number of benzene rings is 3.